The zero-order valence-corrected chi connectivity index (χ0v) is 14.8. The number of ketones is 1. The number of ether oxygens (including phenoxy) is 1. The first kappa shape index (κ1) is 19.8. The highest BCUT2D eigenvalue weighted by Crippen LogP contribution is 2.44. The third-order valence-electron chi connectivity index (χ3n) is 3.92. The predicted octanol–water partition coefficient (Wildman–Crippen LogP) is 2.90. The fourth-order valence-corrected chi connectivity index (χ4v) is 2.95. The van der Waals surface area contributed by atoms with E-state index in [1.807, 2.05) is 6.92 Å². The number of fused-ring (bicyclic) bond motifs is 1. The number of hydrogen-bond acceptors (Lipinski definition) is 6. The Morgan fingerprint density at radius 3 is 2.62 bits per heavy atom. The van der Waals surface area contributed by atoms with Gasteiger partial charge in [0.1, 0.15) is 11.5 Å². The van der Waals surface area contributed by atoms with Gasteiger partial charge in [-0.1, -0.05) is 24.9 Å². The highest BCUT2D eigenvalue weighted by Gasteiger charge is 2.48. The van der Waals surface area contributed by atoms with E-state index in [2.05, 4.69) is 0 Å². The zero-order chi connectivity index (χ0) is 19.6. The number of unbranched alkanes of at least 4 members (excludes halogenated alkanes) is 1. The van der Waals surface area contributed by atoms with E-state index in [0.717, 1.165) is 4.90 Å². The van der Waals surface area contributed by atoms with Crippen LogP contribution in [0, 0.1) is 21.8 Å². The number of hydrogen-bond donors (Lipinski definition) is 0. The number of anilines is 1. The van der Waals surface area contributed by atoms with Crippen LogP contribution in [0.2, 0.25) is 5.02 Å². The molecule has 1 heterocycles. The number of nitro benzene ring substituents is 1. The number of carbonyl (C=O) groups excluding carboxylic acids is 3. The van der Waals surface area contributed by atoms with Crippen molar-refractivity contribution in [2.45, 2.75) is 26.7 Å². The molecule has 10 heteroatoms. The van der Waals surface area contributed by atoms with Crippen molar-refractivity contribution < 1.29 is 28.4 Å². The van der Waals surface area contributed by atoms with E-state index < -0.39 is 50.6 Å². The molecule has 0 radical (unpaired) electrons. The number of rotatable bonds is 6. The molecule has 26 heavy (non-hydrogen) atoms. The smallest absolute Gasteiger partial charge is 0.326 e. The standard InChI is InChI=1S/C16H16ClFN2O6/c1-3-5-6-19-12-8(7-9(18)11(17)13(12)20(24)25)14(21)10(15(19)22)16(23)26-4-2/h7,10H,3-6H2,1-2H3. The van der Waals surface area contributed by atoms with Crippen LogP contribution < -0.4 is 4.90 Å². The number of nitro groups is 1. The lowest BCUT2D eigenvalue weighted by Crippen LogP contribution is -2.49. The molecule has 1 aromatic rings. The first-order chi connectivity index (χ1) is 12.3. The maximum Gasteiger partial charge on any atom is 0.326 e. The van der Waals surface area contributed by atoms with E-state index in [9.17, 15) is 28.9 Å². The van der Waals surface area contributed by atoms with Crippen LogP contribution in [0.5, 0.6) is 0 Å². The first-order valence-corrected chi connectivity index (χ1v) is 8.32. The van der Waals surface area contributed by atoms with Crippen LogP contribution in [-0.2, 0) is 14.3 Å². The summed E-state index contributed by atoms with van der Waals surface area (Å²) in [6, 6.07) is 0.713. The van der Waals surface area contributed by atoms with Gasteiger partial charge in [0.25, 0.3) is 0 Å². The second-order valence-electron chi connectivity index (χ2n) is 5.57. The maximum atomic E-state index is 14.0. The van der Waals surface area contributed by atoms with Gasteiger partial charge in [0.05, 0.1) is 17.1 Å². The Kier molecular flexibility index (Phi) is 5.91. The fraction of sp³-hybridized carbons (Fsp3) is 0.438. The molecule has 1 unspecified atom stereocenters. The van der Waals surface area contributed by atoms with Crippen LogP contribution in [0.4, 0.5) is 15.8 Å². The third-order valence-corrected chi connectivity index (χ3v) is 4.28. The van der Waals surface area contributed by atoms with Crippen LogP contribution >= 0.6 is 11.6 Å². The van der Waals surface area contributed by atoms with Crippen molar-refractivity contribution in [2.24, 2.45) is 5.92 Å². The number of nitrogens with zero attached hydrogens (tertiary/aromatic N) is 2. The average molecular weight is 387 g/mol. The van der Waals surface area contributed by atoms with Crippen molar-refractivity contribution in [3.05, 3.63) is 32.6 Å². The summed E-state index contributed by atoms with van der Waals surface area (Å²) in [4.78, 5) is 48.8. The summed E-state index contributed by atoms with van der Waals surface area (Å²) in [5.74, 6) is -6.07. The minimum atomic E-state index is -1.82. The van der Waals surface area contributed by atoms with Crippen LogP contribution in [0.1, 0.15) is 37.0 Å². The van der Waals surface area contributed by atoms with Gasteiger partial charge in [0.2, 0.25) is 5.91 Å². The van der Waals surface area contributed by atoms with E-state index in [1.54, 1.807) is 0 Å². The first-order valence-electron chi connectivity index (χ1n) is 7.94. The van der Waals surface area contributed by atoms with Crippen LogP contribution in [0.25, 0.3) is 0 Å². The highest BCUT2D eigenvalue weighted by atomic mass is 35.5. The lowest BCUT2D eigenvalue weighted by molar-refractivity contribution is -0.384. The molecule has 1 atom stereocenters. The molecule has 0 fully saturated rings. The molecule has 140 valence electrons. The summed E-state index contributed by atoms with van der Waals surface area (Å²) in [5, 5.41) is 10.6. The van der Waals surface area contributed by atoms with Crippen molar-refractivity contribution in [3.8, 4) is 0 Å². The van der Waals surface area contributed by atoms with E-state index in [-0.39, 0.29) is 18.8 Å². The summed E-state index contributed by atoms with van der Waals surface area (Å²) >= 11 is 5.71. The lowest BCUT2D eigenvalue weighted by Gasteiger charge is -2.32. The quantitative estimate of drug-likeness (QED) is 0.322. The molecule has 1 aliphatic heterocycles. The minimum absolute atomic E-state index is 0.00825. The summed E-state index contributed by atoms with van der Waals surface area (Å²) in [6.45, 7) is 3.28. The Hall–Kier alpha value is -2.55. The molecule has 8 nitrogen and oxygen atoms in total. The molecule has 1 amide bonds. The molecular formula is C16H16ClFN2O6. The monoisotopic (exact) mass is 386 g/mol. The van der Waals surface area contributed by atoms with Gasteiger partial charge in [0.15, 0.2) is 16.7 Å². The molecule has 0 spiro atoms. The Balaban J connectivity index is 2.74. The summed E-state index contributed by atoms with van der Waals surface area (Å²) in [5.41, 5.74) is -1.69. The Morgan fingerprint density at radius 2 is 2.08 bits per heavy atom. The van der Waals surface area contributed by atoms with E-state index >= 15 is 0 Å². The average Bonchev–Trinajstić information content (AvgIpc) is 2.57. The summed E-state index contributed by atoms with van der Waals surface area (Å²) in [7, 11) is 0. The highest BCUT2D eigenvalue weighted by molar-refractivity contribution is 6.36. The molecule has 0 N–H and O–H groups in total. The molecular weight excluding hydrogens is 371 g/mol. The number of benzene rings is 1. The van der Waals surface area contributed by atoms with Gasteiger partial charge in [-0.05, 0) is 19.4 Å². The molecule has 1 aliphatic rings. The summed E-state index contributed by atoms with van der Waals surface area (Å²) in [6.07, 6.45) is 1.08. The van der Waals surface area contributed by atoms with Gasteiger partial charge in [-0.25, -0.2) is 4.39 Å². The lowest BCUT2D eigenvalue weighted by atomic mass is 9.89. The van der Waals surface area contributed by atoms with Crippen molar-refractivity contribution in [1.82, 2.24) is 0 Å². The van der Waals surface area contributed by atoms with Gasteiger partial charge in [-0.3, -0.25) is 24.5 Å². The molecule has 2 rings (SSSR count). The van der Waals surface area contributed by atoms with Gasteiger partial charge in [-0.15, -0.1) is 0 Å². The fourth-order valence-electron chi connectivity index (χ4n) is 2.74. The number of esters is 1. The normalized spacial score (nSPS) is 16.5. The minimum Gasteiger partial charge on any atom is -0.465 e. The Bertz CT molecular complexity index is 797. The summed E-state index contributed by atoms with van der Waals surface area (Å²) < 4.78 is 18.8. The SMILES string of the molecule is CCCCN1C(=O)C(C(=O)OCC)C(=O)c2cc(F)c(Cl)c([N+](=O)[O-])c21. The Labute approximate surface area is 153 Å². The van der Waals surface area contributed by atoms with Crippen molar-refractivity contribution >= 4 is 40.6 Å². The largest absolute Gasteiger partial charge is 0.465 e. The zero-order valence-electron chi connectivity index (χ0n) is 14.1. The third kappa shape index (κ3) is 3.26. The molecule has 0 aromatic heterocycles. The van der Waals surface area contributed by atoms with E-state index in [0.29, 0.717) is 18.9 Å². The van der Waals surface area contributed by atoms with Gasteiger partial charge in [0, 0.05) is 6.54 Å². The van der Waals surface area contributed by atoms with Gasteiger partial charge in [-0.2, -0.15) is 0 Å². The van der Waals surface area contributed by atoms with Gasteiger partial charge < -0.3 is 9.64 Å². The molecule has 0 bridgehead atoms. The van der Waals surface area contributed by atoms with Crippen molar-refractivity contribution in [3.63, 3.8) is 0 Å². The van der Waals surface area contributed by atoms with Gasteiger partial charge >= 0.3 is 11.7 Å². The van der Waals surface area contributed by atoms with Crippen LogP contribution in [0.15, 0.2) is 6.07 Å². The van der Waals surface area contributed by atoms with Crippen molar-refractivity contribution in [1.29, 1.82) is 0 Å². The number of amides is 1. The Morgan fingerprint density at radius 1 is 1.42 bits per heavy atom. The second kappa shape index (κ2) is 7.77. The molecule has 0 aliphatic carbocycles. The maximum absolute atomic E-state index is 14.0. The van der Waals surface area contributed by atoms with Crippen molar-refractivity contribution in [2.75, 3.05) is 18.1 Å². The molecule has 0 saturated carbocycles. The molecule has 1 aromatic carbocycles. The van der Waals surface area contributed by atoms with Crippen LogP contribution in [-0.4, -0.2) is 35.7 Å². The number of halogens is 2. The second-order valence-corrected chi connectivity index (χ2v) is 5.94. The molecule has 0 saturated heterocycles. The topological polar surface area (TPSA) is 107 Å². The van der Waals surface area contributed by atoms with Crippen LogP contribution in [0.3, 0.4) is 0 Å². The van der Waals surface area contributed by atoms with E-state index in [1.165, 1.54) is 6.92 Å². The predicted molar refractivity (Wildman–Crippen MR) is 89.8 cm³/mol. The number of Topliss-reactive ketones (excluding diaryl/α,β-unsaturated/α-hetero) is 1. The van der Waals surface area contributed by atoms with E-state index in [4.69, 9.17) is 16.3 Å². The number of carbonyl (C=O) groups is 3.